The van der Waals surface area contributed by atoms with Gasteiger partial charge in [0.2, 0.25) is 5.82 Å². The second-order valence-corrected chi connectivity index (χ2v) is 5.49. The molecule has 0 saturated carbocycles. The maximum absolute atomic E-state index is 12.8. The van der Waals surface area contributed by atoms with Gasteiger partial charge in [0.1, 0.15) is 10.8 Å². The van der Waals surface area contributed by atoms with Gasteiger partial charge in [0.25, 0.3) is 0 Å². The molecule has 3 N–H and O–H groups in total. The molecule has 4 nitrogen and oxygen atoms in total. The summed E-state index contributed by atoms with van der Waals surface area (Å²) < 4.78 is 38.3. The maximum Gasteiger partial charge on any atom is 0.451 e. The van der Waals surface area contributed by atoms with Gasteiger partial charge in [-0.25, -0.2) is 15.8 Å². The number of hydrazine groups is 1. The fourth-order valence-corrected chi connectivity index (χ4v) is 2.59. The van der Waals surface area contributed by atoms with Crippen LogP contribution in [0.4, 0.5) is 19.0 Å². The molecule has 112 valence electrons. The zero-order chi connectivity index (χ0) is 15.6. The number of hydrogen-bond acceptors (Lipinski definition) is 5. The minimum absolute atomic E-state index is 0.0791. The number of hydrogen-bond donors (Lipinski definition) is 2. The second kappa shape index (κ2) is 5.90. The van der Waals surface area contributed by atoms with Crippen molar-refractivity contribution in [3.8, 4) is 0 Å². The number of nitrogens with two attached hydrogens (primary N) is 1. The average Bonchev–Trinajstić information content (AvgIpc) is 2.40. The summed E-state index contributed by atoms with van der Waals surface area (Å²) in [6.45, 7) is 3.84. The van der Waals surface area contributed by atoms with Crippen LogP contribution in [0, 0.1) is 13.8 Å². The van der Waals surface area contributed by atoms with Crippen LogP contribution in [0.3, 0.4) is 0 Å². The van der Waals surface area contributed by atoms with E-state index >= 15 is 0 Å². The number of rotatable bonds is 3. The van der Waals surface area contributed by atoms with Crippen LogP contribution >= 0.6 is 11.8 Å². The second-order valence-electron chi connectivity index (χ2n) is 4.43. The molecule has 2 rings (SSSR count). The third-order valence-electron chi connectivity index (χ3n) is 2.65. The van der Waals surface area contributed by atoms with E-state index in [1.807, 2.05) is 32.0 Å². The van der Waals surface area contributed by atoms with Crippen molar-refractivity contribution in [2.45, 2.75) is 29.9 Å². The van der Waals surface area contributed by atoms with E-state index < -0.39 is 12.0 Å². The number of nitrogens with one attached hydrogen (secondary N) is 1. The van der Waals surface area contributed by atoms with Crippen molar-refractivity contribution < 1.29 is 13.2 Å². The monoisotopic (exact) mass is 314 g/mol. The molecule has 0 amide bonds. The van der Waals surface area contributed by atoms with Crippen molar-refractivity contribution in [2.75, 3.05) is 5.43 Å². The molecule has 0 radical (unpaired) electrons. The summed E-state index contributed by atoms with van der Waals surface area (Å²) in [5.74, 6) is 3.86. The van der Waals surface area contributed by atoms with Crippen LogP contribution in [0.15, 0.2) is 34.2 Å². The summed E-state index contributed by atoms with van der Waals surface area (Å²) in [6, 6.07) is 7.07. The normalized spacial score (nSPS) is 11.5. The van der Waals surface area contributed by atoms with E-state index in [0.717, 1.165) is 27.8 Å². The summed E-state index contributed by atoms with van der Waals surface area (Å²) >= 11 is 1.14. The molecular formula is C13H13F3N4S. The van der Waals surface area contributed by atoms with Gasteiger partial charge in [0, 0.05) is 11.0 Å². The van der Waals surface area contributed by atoms with Crippen molar-refractivity contribution in [2.24, 2.45) is 5.84 Å². The Balaban J connectivity index is 2.39. The Hall–Kier alpha value is -1.80. The number of nitrogens with zero attached hydrogens (tertiary/aromatic N) is 2. The number of anilines is 1. The van der Waals surface area contributed by atoms with Crippen molar-refractivity contribution in [3.05, 3.63) is 41.2 Å². The highest BCUT2D eigenvalue weighted by Gasteiger charge is 2.35. The topological polar surface area (TPSA) is 63.8 Å². The quantitative estimate of drug-likeness (QED) is 0.515. The molecule has 0 fully saturated rings. The highest BCUT2D eigenvalue weighted by Crippen LogP contribution is 2.33. The highest BCUT2D eigenvalue weighted by molar-refractivity contribution is 7.99. The van der Waals surface area contributed by atoms with E-state index in [1.54, 1.807) is 0 Å². The summed E-state index contributed by atoms with van der Waals surface area (Å²) in [4.78, 5) is 7.69. The Labute approximate surface area is 124 Å². The summed E-state index contributed by atoms with van der Waals surface area (Å²) in [5.41, 5.74) is 4.18. The fourth-order valence-electron chi connectivity index (χ4n) is 1.70. The van der Waals surface area contributed by atoms with E-state index in [4.69, 9.17) is 5.84 Å². The van der Waals surface area contributed by atoms with Gasteiger partial charge in [-0.3, -0.25) is 0 Å². The summed E-state index contributed by atoms with van der Waals surface area (Å²) in [6.07, 6.45) is -4.62. The lowest BCUT2D eigenvalue weighted by atomic mass is 10.2. The first kappa shape index (κ1) is 15.6. The third-order valence-corrected chi connectivity index (χ3v) is 3.75. The first-order chi connectivity index (χ1) is 9.79. The number of halogens is 3. The molecule has 0 saturated heterocycles. The molecule has 0 spiro atoms. The Bertz CT molecular complexity index is 658. The third kappa shape index (κ3) is 3.85. The molecule has 0 bridgehead atoms. The highest BCUT2D eigenvalue weighted by atomic mass is 32.2. The molecule has 21 heavy (non-hydrogen) atoms. The Kier molecular flexibility index (Phi) is 4.38. The lowest BCUT2D eigenvalue weighted by Crippen LogP contribution is -2.16. The first-order valence-corrected chi connectivity index (χ1v) is 6.79. The molecule has 2 aromatic rings. The molecule has 0 atom stereocenters. The van der Waals surface area contributed by atoms with Crippen molar-refractivity contribution in [1.29, 1.82) is 0 Å². The zero-order valence-corrected chi connectivity index (χ0v) is 12.1. The van der Waals surface area contributed by atoms with Gasteiger partial charge in [-0.15, -0.1) is 0 Å². The van der Waals surface area contributed by atoms with Crippen LogP contribution < -0.4 is 11.3 Å². The van der Waals surface area contributed by atoms with Crippen molar-refractivity contribution in [3.63, 3.8) is 0 Å². The van der Waals surface area contributed by atoms with Gasteiger partial charge in [-0.2, -0.15) is 13.2 Å². The van der Waals surface area contributed by atoms with Crippen LogP contribution in [-0.2, 0) is 6.18 Å². The van der Waals surface area contributed by atoms with E-state index in [-0.39, 0.29) is 10.8 Å². The smallest absolute Gasteiger partial charge is 0.308 e. The molecular weight excluding hydrogens is 301 g/mol. The standard InChI is InChI=1S/C13H13F3N4S/c1-7-3-4-9(8(2)5-7)21-11-6-10(20-17)18-12(19-11)13(14,15)16/h3-6H,17H2,1-2H3,(H,18,19,20). The van der Waals surface area contributed by atoms with Gasteiger partial charge in [0.05, 0.1) is 0 Å². The molecule has 0 aliphatic carbocycles. The maximum atomic E-state index is 12.8. The van der Waals surface area contributed by atoms with E-state index in [1.165, 1.54) is 6.07 Å². The fraction of sp³-hybridized carbons (Fsp3) is 0.231. The average molecular weight is 314 g/mol. The van der Waals surface area contributed by atoms with Crippen LogP contribution in [0.5, 0.6) is 0 Å². The zero-order valence-electron chi connectivity index (χ0n) is 11.3. The minimum Gasteiger partial charge on any atom is -0.308 e. The molecule has 0 aliphatic heterocycles. The van der Waals surface area contributed by atoms with E-state index in [2.05, 4.69) is 15.4 Å². The SMILES string of the molecule is Cc1ccc(Sc2cc(NN)nc(C(F)(F)F)n2)c(C)c1. The molecule has 0 unspecified atom stereocenters. The van der Waals surface area contributed by atoms with Crippen LogP contribution in [0.25, 0.3) is 0 Å². The lowest BCUT2D eigenvalue weighted by molar-refractivity contribution is -0.145. The summed E-state index contributed by atoms with van der Waals surface area (Å²) in [5, 5.41) is 0.178. The van der Waals surface area contributed by atoms with Crippen molar-refractivity contribution >= 4 is 17.6 Å². The van der Waals surface area contributed by atoms with E-state index in [9.17, 15) is 13.2 Å². The molecule has 1 heterocycles. The predicted molar refractivity (Wildman–Crippen MR) is 74.9 cm³/mol. The van der Waals surface area contributed by atoms with Gasteiger partial charge < -0.3 is 5.43 Å². The van der Waals surface area contributed by atoms with Crippen LogP contribution in [0.2, 0.25) is 0 Å². The summed E-state index contributed by atoms with van der Waals surface area (Å²) in [7, 11) is 0. The molecule has 8 heteroatoms. The number of alkyl halides is 3. The largest absolute Gasteiger partial charge is 0.451 e. The predicted octanol–water partition coefficient (Wildman–Crippen LogP) is 3.55. The molecule has 1 aromatic heterocycles. The number of aryl methyl sites for hydroxylation is 2. The van der Waals surface area contributed by atoms with Gasteiger partial charge in [0.15, 0.2) is 0 Å². The van der Waals surface area contributed by atoms with Gasteiger partial charge in [-0.1, -0.05) is 29.5 Å². The number of nitrogen functional groups attached to an aromatic ring is 1. The van der Waals surface area contributed by atoms with Crippen LogP contribution in [0.1, 0.15) is 17.0 Å². The number of aromatic nitrogens is 2. The molecule has 1 aromatic carbocycles. The van der Waals surface area contributed by atoms with Gasteiger partial charge in [-0.05, 0) is 25.5 Å². The van der Waals surface area contributed by atoms with E-state index in [0.29, 0.717) is 0 Å². The van der Waals surface area contributed by atoms with Crippen molar-refractivity contribution in [1.82, 2.24) is 9.97 Å². The van der Waals surface area contributed by atoms with Gasteiger partial charge >= 0.3 is 6.18 Å². The minimum atomic E-state index is -4.62. The Morgan fingerprint density at radius 3 is 2.43 bits per heavy atom. The molecule has 0 aliphatic rings. The Morgan fingerprint density at radius 1 is 1.14 bits per heavy atom. The van der Waals surface area contributed by atoms with Crippen LogP contribution in [-0.4, -0.2) is 9.97 Å². The first-order valence-electron chi connectivity index (χ1n) is 5.97. The number of benzene rings is 1. The Morgan fingerprint density at radius 2 is 1.86 bits per heavy atom. The lowest BCUT2D eigenvalue weighted by Gasteiger charge is -2.10.